The first-order valence-electron chi connectivity index (χ1n) is 11.6. The van der Waals surface area contributed by atoms with Gasteiger partial charge in [-0.2, -0.15) is 5.26 Å². The fourth-order valence-corrected chi connectivity index (χ4v) is 3.38. The van der Waals surface area contributed by atoms with Crippen molar-refractivity contribution in [1.82, 2.24) is 0 Å². The molecule has 0 bridgehead atoms. The Morgan fingerprint density at radius 1 is 0.944 bits per heavy atom. The number of rotatable bonds is 10. The molecule has 0 saturated heterocycles. The van der Waals surface area contributed by atoms with Gasteiger partial charge in [-0.05, 0) is 74.4 Å². The number of aryl methyl sites for hydroxylation is 1. The van der Waals surface area contributed by atoms with Crippen molar-refractivity contribution in [2.75, 3.05) is 18.5 Å². The van der Waals surface area contributed by atoms with E-state index in [-0.39, 0.29) is 12.2 Å². The van der Waals surface area contributed by atoms with Gasteiger partial charge in [0.15, 0.2) is 11.5 Å². The molecule has 0 spiro atoms. The number of nitrogens with zero attached hydrogens (tertiary/aromatic N) is 1. The molecular formula is C29H28N2O5. The molecule has 1 N–H and O–H groups in total. The van der Waals surface area contributed by atoms with Gasteiger partial charge in [0, 0.05) is 5.69 Å². The number of carbonyl (C=O) groups excluding carboxylic acids is 2. The molecule has 7 heteroatoms. The number of carbonyl (C=O) groups is 2. The highest BCUT2D eigenvalue weighted by molar-refractivity contribution is 6.09. The van der Waals surface area contributed by atoms with Gasteiger partial charge >= 0.3 is 5.97 Å². The Morgan fingerprint density at radius 2 is 1.72 bits per heavy atom. The molecule has 0 saturated carbocycles. The lowest BCUT2D eigenvalue weighted by atomic mass is 10.1. The van der Waals surface area contributed by atoms with E-state index in [1.54, 1.807) is 49.4 Å². The first-order chi connectivity index (χ1) is 17.4. The third-order valence-corrected chi connectivity index (χ3v) is 5.07. The first-order valence-corrected chi connectivity index (χ1v) is 11.6. The number of ether oxygens (including phenoxy) is 3. The van der Waals surface area contributed by atoms with Crippen molar-refractivity contribution < 1.29 is 23.8 Å². The number of amides is 1. The third-order valence-electron chi connectivity index (χ3n) is 5.07. The van der Waals surface area contributed by atoms with Crippen LogP contribution in [0.5, 0.6) is 11.5 Å². The molecule has 0 aromatic heterocycles. The van der Waals surface area contributed by atoms with Gasteiger partial charge in [-0.25, -0.2) is 4.79 Å². The lowest BCUT2D eigenvalue weighted by Gasteiger charge is -2.13. The zero-order chi connectivity index (χ0) is 25.9. The van der Waals surface area contributed by atoms with Gasteiger partial charge in [-0.15, -0.1) is 0 Å². The van der Waals surface area contributed by atoms with Crippen molar-refractivity contribution in [3.05, 3.63) is 94.6 Å². The van der Waals surface area contributed by atoms with Gasteiger partial charge < -0.3 is 19.5 Å². The Hall–Kier alpha value is -4.57. The molecule has 0 unspecified atom stereocenters. The van der Waals surface area contributed by atoms with E-state index in [1.165, 1.54) is 6.08 Å². The quantitative estimate of drug-likeness (QED) is 0.225. The van der Waals surface area contributed by atoms with E-state index < -0.39 is 11.9 Å². The molecule has 184 valence electrons. The van der Waals surface area contributed by atoms with Crippen molar-refractivity contribution in [2.24, 2.45) is 0 Å². The minimum absolute atomic E-state index is 0.0830. The minimum Gasteiger partial charge on any atom is -0.490 e. The van der Waals surface area contributed by atoms with E-state index in [9.17, 15) is 14.9 Å². The monoisotopic (exact) mass is 484 g/mol. The van der Waals surface area contributed by atoms with Crippen LogP contribution in [-0.2, 0) is 16.1 Å². The summed E-state index contributed by atoms with van der Waals surface area (Å²) in [4.78, 5) is 24.5. The summed E-state index contributed by atoms with van der Waals surface area (Å²) in [6, 6.07) is 21.5. The summed E-state index contributed by atoms with van der Waals surface area (Å²) in [5, 5.41) is 12.2. The van der Waals surface area contributed by atoms with Crippen molar-refractivity contribution in [2.45, 2.75) is 27.4 Å². The van der Waals surface area contributed by atoms with E-state index in [2.05, 4.69) is 11.4 Å². The zero-order valence-electron chi connectivity index (χ0n) is 20.5. The van der Waals surface area contributed by atoms with Crippen LogP contribution in [0, 0.1) is 18.3 Å². The second-order valence-corrected chi connectivity index (χ2v) is 7.84. The fourth-order valence-electron chi connectivity index (χ4n) is 3.38. The third kappa shape index (κ3) is 7.21. The van der Waals surface area contributed by atoms with Crippen LogP contribution in [0.3, 0.4) is 0 Å². The van der Waals surface area contributed by atoms with Crippen LogP contribution in [0.1, 0.15) is 40.9 Å². The lowest BCUT2D eigenvalue weighted by molar-refractivity contribution is -0.112. The molecule has 36 heavy (non-hydrogen) atoms. The largest absolute Gasteiger partial charge is 0.490 e. The number of hydrogen-bond donors (Lipinski definition) is 1. The maximum atomic E-state index is 12.7. The molecule has 7 nitrogen and oxygen atoms in total. The second kappa shape index (κ2) is 12.8. The summed E-state index contributed by atoms with van der Waals surface area (Å²) in [5.41, 5.74) is 3.55. The zero-order valence-corrected chi connectivity index (χ0v) is 20.5. The molecule has 0 atom stereocenters. The van der Waals surface area contributed by atoms with Crippen molar-refractivity contribution in [1.29, 1.82) is 5.26 Å². The lowest BCUT2D eigenvalue weighted by Crippen LogP contribution is -2.13. The molecule has 3 rings (SSSR count). The number of nitrogens with one attached hydrogen (secondary N) is 1. The summed E-state index contributed by atoms with van der Waals surface area (Å²) in [6.07, 6.45) is 1.48. The predicted molar refractivity (Wildman–Crippen MR) is 138 cm³/mol. The van der Waals surface area contributed by atoms with Crippen LogP contribution in [0.4, 0.5) is 5.69 Å². The van der Waals surface area contributed by atoms with E-state index in [0.717, 1.165) is 11.1 Å². The van der Waals surface area contributed by atoms with Crippen LogP contribution < -0.4 is 14.8 Å². The first kappa shape index (κ1) is 26.0. The van der Waals surface area contributed by atoms with E-state index >= 15 is 0 Å². The molecule has 0 fully saturated rings. The van der Waals surface area contributed by atoms with Gasteiger partial charge in [0.1, 0.15) is 18.2 Å². The fraction of sp³-hybridized carbons (Fsp3) is 0.207. The van der Waals surface area contributed by atoms with E-state index in [4.69, 9.17) is 14.2 Å². The molecule has 1 amide bonds. The van der Waals surface area contributed by atoms with Gasteiger partial charge in [-0.1, -0.05) is 35.9 Å². The SMILES string of the molecule is CCOC(=O)c1ccc(NC(=O)/C(C#N)=C/c2ccc(OCc3cccc(C)c3)c(OCC)c2)cc1. The highest BCUT2D eigenvalue weighted by Gasteiger charge is 2.13. The van der Waals surface area contributed by atoms with Crippen molar-refractivity contribution in [3.8, 4) is 17.6 Å². The highest BCUT2D eigenvalue weighted by Crippen LogP contribution is 2.30. The minimum atomic E-state index is -0.570. The number of hydrogen-bond acceptors (Lipinski definition) is 6. The van der Waals surface area contributed by atoms with Crippen LogP contribution in [0.15, 0.2) is 72.3 Å². The van der Waals surface area contributed by atoms with Crippen molar-refractivity contribution in [3.63, 3.8) is 0 Å². The number of nitriles is 1. The van der Waals surface area contributed by atoms with Crippen LogP contribution in [-0.4, -0.2) is 25.1 Å². The van der Waals surface area contributed by atoms with Crippen LogP contribution >= 0.6 is 0 Å². The molecule has 0 aliphatic carbocycles. The Bertz CT molecular complexity index is 1290. The number of benzene rings is 3. The Balaban J connectivity index is 1.73. The summed E-state index contributed by atoms with van der Waals surface area (Å²) >= 11 is 0. The van der Waals surface area contributed by atoms with Gasteiger partial charge in [0.25, 0.3) is 5.91 Å². The smallest absolute Gasteiger partial charge is 0.338 e. The van der Waals surface area contributed by atoms with Crippen LogP contribution in [0.2, 0.25) is 0 Å². The standard InChI is InChI=1S/C29H28N2O5/c1-4-34-27-17-21(9-14-26(27)36-19-22-8-6-7-20(3)15-22)16-24(18-30)28(32)31-25-12-10-23(11-13-25)29(33)35-5-2/h6-17H,4-5,19H2,1-3H3,(H,31,32)/b24-16+. The Labute approximate surface area is 210 Å². The summed E-state index contributed by atoms with van der Waals surface area (Å²) < 4.78 is 16.6. The number of esters is 1. The molecule has 0 heterocycles. The average molecular weight is 485 g/mol. The van der Waals surface area contributed by atoms with E-state index in [0.29, 0.717) is 41.5 Å². The Morgan fingerprint density at radius 3 is 2.39 bits per heavy atom. The average Bonchev–Trinajstić information content (AvgIpc) is 2.87. The van der Waals surface area contributed by atoms with Gasteiger partial charge in [0.2, 0.25) is 0 Å². The number of anilines is 1. The summed E-state index contributed by atoms with van der Waals surface area (Å²) in [6.45, 7) is 6.72. The van der Waals surface area contributed by atoms with Gasteiger partial charge in [0.05, 0.1) is 18.8 Å². The van der Waals surface area contributed by atoms with E-state index in [1.807, 2.05) is 38.1 Å². The molecule has 3 aromatic rings. The topological polar surface area (TPSA) is 97.7 Å². The molecule has 0 aliphatic rings. The molecular weight excluding hydrogens is 456 g/mol. The summed E-state index contributed by atoms with van der Waals surface area (Å²) in [7, 11) is 0. The molecule has 0 radical (unpaired) electrons. The normalized spacial score (nSPS) is 10.8. The predicted octanol–water partition coefficient (Wildman–Crippen LogP) is 5.70. The Kier molecular flexibility index (Phi) is 9.24. The highest BCUT2D eigenvalue weighted by atomic mass is 16.5. The van der Waals surface area contributed by atoms with Crippen LogP contribution in [0.25, 0.3) is 6.08 Å². The second-order valence-electron chi connectivity index (χ2n) is 7.84. The molecule has 3 aromatic carbocycles. The molecule has 0 aliphatic heterocycles. The maximum Gasteiger partial charge on any atom is 0.338 e. The van der Waals surface area contributed by atoms with Gasteiger partial charge in [-0.3, -0.25) is 4.79 Å². The summed E-state index contributed by atoms with van der Waals surface area (Å²) in [5.74, 6) is 0.0785. The maximum absolute atomic E-state index is 12.7. The van der Waals surface area contributed by atoms with Crippen molar-refractivity contribution >= 4 is 23.6 Å².